The number of nitrogens with zero attached hydrogens (tertiary/aromatic N) is 4. The molecule has 176 valence electrons. The number of amides is 2. The van der Waals surface area contributed by atoms with E-state index in [2.05, 4.69) is 46.5 Å². The molecule has 1 atom stereocenters. The molecule has 4 rings (SSSR count). The predicted octanol–water partition coefficient (Wildman–Crippen LogP) is 3.03. The highest BCUT2D eigenvalue weighted by Gasteiger charge is 2.30. The zero-order valence-electron chi connectivity index (χ0n) is 19.6. The van der Waals surface area contributed by atoms with Gasteiger partial charge >= 0.3 is 0 Å². The smallest absolute Gasteiger partial charge is 0.246 e. The molecule has 1 saturated carbocycles. The van der Waals surface area contributed by atoms with E-state index in [-0.39, 0.29) is 17.9 Å². The maximum Gasteiger partial charge on any atom is 0.246 e. The lowest BCUT2D eigenvalue weighted by molar-refractivity contribution is -0.130. The Kier molecular flexibility index (Phi) is 7.20. The van der Waals surface area contributed by atoms with Crippen LogP contribution in [0.25, 0.3) is 6.08 Å². The van der Waals surface area contributed by atoms with Crippen LogP contribution in [0, 0.1) is 13.8 Å². The highest BCUT2D eigenvalue weighted by Crippen LogP contribution is 2.23. The van der Waals surface area contributed by atoms with Crippen molar-refractivity contribution in [3.05, 3.63) is 57.9 Å². The van der Waals surface area contributed by atoms with Gasteiger partial charge in [-0.25, -0.2) is 4.68 Å². The topological polar surface area (TPSA) is 70.5 Å². The Morgan fingerprint density at radius 2 is 1.82 bits per heavy atom. The van der Waals surface area contributed by atoms with Gasteiger partial charge in [0, 0.05) is 43.9 Å². The fraction of sp³-hybridized carbons (Fsp3) is 0.480. The molecular formula is C25H32ClN5O2. The van der Waals surface area contributed by atoms with Crippen LogP contribution >= 0.6 is 11.6 Å². The van der Waals surface area contributed by atoms with Gasteiger partial charge in [-0.1, -0.05) is 41.4 Å². The molecule has 2 amide bonds. The molecular weight excluding hydrogens is 438 g/mol. The minimum Gasteiger partial charge on any atom is -0.352 e. The van der Waals surface area contributed by atoms with E-state index in [4.69, 9.17) is 11.6 Å². The molecule has 1 saturated heterocycles. The number of nitrogens with one attached hydrogen (secondary N) is 1. The summed E-state index contributed by atoms with van der Waals surface area (Å²) in [5.74, 6) is 0.0384. The van der Waals surface area contributed by atoms with Gasteiger partial charge in [0.2, 0.25) is 11.8 Å². The molecule has 1 unspecified atom stereocenters. The second kappa shape index (κ2) is 10.1. The van der Waals surface area contributed by atoms with Crippen molar-refractivity contribution in [1.82, 2.24) is 24.9 Å². The Morgan fingerprint density at radius 1 is 1.15 bits per heavy atom. The van der Waals surface area contributed by atoms with Gasteiger partial charge in [0.1, 0.15) is 5.15 Å². The fourth-order valence-corrected chi connectivity index (χ4v) is 4.33. The van der Waals surface area contributed by atoms with E-state index in [0.29, 0.717) is 43.9 Å². The third-order valence-corrected chi connectivity index (χ3v) is 6.83. The van der Waals surface area contributed by atoms with Crippen LogP contribution in [0.3, 0.4) is 0 Å². The molecule has 2 aromatic rings. The molecule has 7 nitrogen and oxygen atoms in total. The first kappa shape index (κ1) is 23.5. The van der Waals surface area contributed by atoms with Crippen LogP contribution in [0.15, 0.2) is 30.3 Å². The number of halogens is 1. The van der Waals surface area contributed by atoms with Crippen LogP contribution < -0.4 is 5.32 Å². The minimum absolute atomic E-state index is 0.0495. The van der Waals surface area contributed by atoms with Crippen molar-refractivity contribution in [1.29, 1.82) is 0 Å². The van der Waals surface area contributed by atoms with E-state index in [1.54, 1.807) is 16.8 Å². The molecule has 33 heavy (non-hydrogen) atoms. The average Bonchev–Trinajstić information content (AvgIpc) is 3.58. The number of piperazine rings is 1. The molecule has 0 spiro atoms. The van der Waals surface area contributed by atoms with Crippen molar-refractivity contribution in [2.45, 2.75) is 52.2 Å². The molecule has 2 aliphatic rings. The molecule has 1 aliphatic carbocycles. The molecule has 2 fully saturated rings. The van der Waals surface area contributed by atoms with Gasteiger partial charge in [-0.15, -0.1) is 0 Å². The van der Waals surface area contributed by atoms with Crippen LogP contribution in [-0.4, -0.2) is 69.7 Å². The molecule has 8 heteroatoms. The van der Waals surface area contributed by atoms with E-state index in [1.807, 2.05) is 18.7 Å². The number of carbonyl (C=O) groups is 2. The summed E-state index contributed by atoms with van der Waals surface area (Å²) in [6, 6.07) is 8.47. The highest BCUT2D eigenvalue weighted by molar-refractivity contribution is 6.31. The third kappa shape index (κ3) is 5.84. The third-order valence-electron chi connectivity index (χ3n) is 6.43. The van der Waals surface area contributed by atoms with Crippen LogP contribution in [0.1, 0.15) is 42.1 Å². The fourth-order valence-electron chi connectivity index (χ4n) is 4.03. The number of aryl methyl sites for hydroxylation is 2. The van der Waals surface area contributed by atoms with E-state index < -0.39 is 0 Å². The Labute approximate surface area is 200 Å². The minimum atomic E-state index is -0.167. The first-order valence-corrected chi connectivity index (χ1v) is 12.0. The number of rotatable bonds is 7. The number of hydrogen-bond donors (Lipinski definition) is 1. The van der Waals surface area contributed by atoms with Gasteiger partial charge in [-0.2, -0.15) is 5.10 Å². The molecule has 1 aromatic carbocycles. The Balaban J connectivity index is 1.32. The second-order valence-electron chi connectivity index (χ2n) is 9.09. The van der Waals surface area contributed by atoms with Crippen molar-refractivity contribution in [3.8, 4) is 0 Å². The van der Waals surface area contributed by atoms with Gasteiger partial charge in [0.05, 0.1) is 18.3 Å². The summed E-state index contributed by atoms with van der Waals surface area (Å²) in [5, 5.41) is 8.14. The van der Waals surface area contributed by atoms with Gasteiger partial charge in [-0.3, -0.25) is 14.5 Å². The highest BCUT2D eigenvalue weighted by atomic mass is 35.5. The monoisotopic (exact) mass is 469 g/mol. The van der Waals surface area contributed by atoms with Crippen molar-refractivity contribution in [2.75, 3.05) is 26.2 Å². The Hall–Kier alpha value is -2.64. The van der Waals surface area contributed by atoms with E-state index in [0.717, 1.165) is 29.7 Å². The summed E-state index contributed by atoms with van der Waals surface area (Å²) in [4.78, 5) is 29.0. The molecule has 0 bridgehead atoms. The van der Waals surface area contributed by atoms with E-state index in [9.17, 15) is 9.59 Å². The summed E-state index contributed by atoms with van der Waals surface area (Å²) in [5.41, 5.74) is 3.88. The Morgan fingerprint density at radius 3 is 2.45 bits per heavy atom. The summed E-state index contributed by atoms with van der Waals surface area (Å²) < 4.78 is 1.76. The zero-order chi connectivity index (χ0) is 23.5. The van der Waals surface area contributed by atoms with Gasteiger partial charge in [0.25, 0.3) is 0 Å². The first-order chi connectivity index (χ1) is 15.8. The van der Waals surface area contributed by atoms with Gasteiger partial charge in [0.15, 0.2) is 0 Å². The van der Waals surface area contributed by atoms with Crippen molar-refractivity contribution in [2.24, 2.45) is 0 Å². The zero-order valence-corrected chi connectivity index (χ0v) is 20.3. The molecule has 1 aromatic heterocycles. The van der Waals surface area contributed by atoms with Crippen LogP contribution in [0.4, 0.5) is 0 Å². The van der Waals surface area contributed by atoms with Crippen LogP contribution in [0.2, 0.25) is 5.15 Å². The lowest BCUT2D eigenvalue weighted by Gasteiger charge is -2.37. The standard InChI is InChI=1S/C25H32ClN5O2/c1-17-4-6-20(7-5-17)16-31-24(26)22(18(2)28-31)10-11-23(32)30-14-12-29(13-15-30)19(3)25(33)27-21-8-9-21/h4-7,10-11,19,21H,8-9,12-16H2,1-3H3,(H,27,33)/b11-10+. The number of hydrogen-bond acceptors (Lipinski definition) is 4. The quantitative estimate of drug-likeness (QED) is 0.633. The number of carbonyl (C=O) groups excluding carboxylic acids is 2. The summed E-state index contributed by atoms with van der Waals surface area (Å²) >= 11 is 6.58. The lowest BCUT2D eigenvalue weighted by Crippen LogP contribution is -2.55. The summed E-state index contributed by atoms with van der Waals surface area (Å²) in [6.07, 6.45) is 5.50. The molecule has 1 aliphatic heterocycles. The largest absolute Gasteiger partial charge is 0.352 e. The average molecular weight is 470 g/mol. The van der Waals surface area contributed by atoms with Crippen molar-refractivity contribution < 1.29 is 9.59 Å². The molecule has 0 radical (unpaired) electrons. The summed E-state index contributed by atoms with van der Waals surface area (Å²) in [6.45, 7) is 9.05. The maximum atomic E-state index is 12.8. The van der Waals surface area contributed by atoms with Crippen molar-refractivity contribution in [3.63, 3.8) is 0 Å². The van der Waals surface area contributed by atoms with Gasteiger partial charge < -0.3 is 10.2 Å². The van der Waals surface area contributed by atoms with Crippen LogP contribution in [0.5, 0.6) is 0 Å². The Bertz CT molecular complexity index is 1030. The van der Waals surface area contributed by atoms with E-state index in [1.165, 1.54) is 5.56 Å². The first-order valence-electron chi connectivity index (χ1n) is 11.6. The van der Waals surface area contributed by atoms with Crippen LogP contribution in [-0.2, 0) is 16.1 Å². The van der Waals surface area contributed by atoms with E-state index >= 15 is 0 Å². The molecule has 1 N–H and O–H groups in total. The predicted molar refractivity (Wildman–Crippen MR) is 130 cm³/mol. The molecule has 2 heterocycles. The maximum absolute atomic E-state index is 12.8. The summed E-state index contributed by atoms with van der Waals surface area (Å²) in [7, 11) is 0. The normalized spacial score (nSPS) is 18.0. The van der Waals surface area contributed by atoms with Gasteiger partial charge in [-0.05, 0) is 45.3 Å². The number of aromatic nitrogens is 2. The van der Waals surface area contributed by atoms with Crippen molar-refractivity contribution >= 4 is 29.5 Å². The lowest BCUT2D eigenvalue weighted by atomic mass is 10.1. The number of benzene rings is 1. The SMILES string of the molecule is Cc1ccc(Cn2nc(C)c(/C=C/C(=O)N3CCN(C(C)C(=O)NC4CC4)CC3)c2Cl)cc1. The second-order valence-corrected chi connectivity index (χ2v) is 9.44.